The Morgan fingerprint density at radius 1 is 1.21 bits per heavy atom. The van der Waals surface area contributed by atoms with Crippen molar-refractivity contribution in [1.29, 1.82) is 0 Å². The van der Waals surface area contributed by atoms with Gasteiger partial charge < -0.3 is 10.6 Å². The van der Waals surface area contributed by atoms with Crippen LogP contribution in [-0.2, 0) is 22.7 Å². The van der Waals surface area contributed by atoms with Gasteiger partial charge in [0.1, 0.15) is 6.04 Å². The number of imide groups is 1. The standard InChI is InChI=1S/C21H26N4O3/c22-21-8-2-5-15(21)11-24(12-21)9-13-3-1-4-14-10-25(20(28)18(13)14)16-6-7-17(26)23-19(16)27/h1,3-4,15-16H,2,5-12,22H2,(H,23,26,27). The zero-order valence-corrected chi connectivity index (χ0v) is 15.9. The van der Waals surface area contributed by atoms with Crippen LogP contribution < -0.4 is 11.1 Å². The Labute approximate surface area is 164 Å². The van der Waals surface area contributed by atoms with Crippen LogP contribution in [0.25, 0.3) is 0 Å². The van der Waals surface area contributed by atoms with E-state index in [1.165, 1.54) is 12.8 Å². The van der Waals surface area contributed by atoms with Crippen molar-refractivity contribution in [2.24, 2.45) is 11.7 Å². The van der Waals surface area contributed by atoms with E-state index in [-0.39, 0.29) is 29.7 Å². The van der Waals surface area contributed by atoms with Gasteiger partial charge in [-0.25, -0.2) is 0 Å². The van der Waals surface area contributed by atoms with Crippen LogP contribution in [0.1, 0.15) is 53.6 Å². The summed E-state index contributed by atoms with van der Waals surface area (Å²) in [5, 5.41) is 2.36. The fourth-order valence-electron chi connectivity index (χ4n) is 5.63. The Balaban J connectivity index is 1.36. The monoisotopic (exact) mass is 382 g/mol. The Bertz CT molecular complexity index is 869. The molecule has 0 bridgehead atoms. The van der Waals surface area contributed by atoms with Crippen molar-refractivity contribution in [3.8, 4) is 0 Å². The first-order chi connectivity index (χ1) is 13.4. The summed E-state index contributed by atoms with van der Waals surface area (Å²) < 4.78 is 0. The highest BCUT2D eigenvalue weighted by Gasteiger charge is 2.47. The van der Waals surface area contributed by atoms with Gasteiger partial charge in [0.05, 0.1) is 0 Å². The third kappa shape index (κ3) is 2.76. The van der Waals surface area contributed by atoms with Gasteiger partial charge in [0.2, 0.25) is 11.8 Å². The van der Waals surface area contributed by atoms with Crippen molar-refractivity contribution in [2.45, 2.75) is 56.8 Å². The van der Waals surface area contributed by atoms with Gasteiger partial charge in [-0.2, -0.15) is 0 Å². The lowest BCUT2D eigenvalue weighted by Crippen LogP contribution is -2.52. The maximum atomic E-state index is 13.2. The quantitative estimate of drug-likeness (QED) is 0.753. The van der Waals surface area contributed by atoms with Crippen LogP contribution >= 0.6 is 0 Å². The van der Waals surface area contributed by atoms with Crippen LogP contribution in [0.5, 0.6) is 0 Å². The minimum absolute atomic E-state index is 0.0687. The van der Waals surface area contributed by atoms with Crippen LogP contribution in [0.4, 0.5) is 0 Å². The zero-order chi connectivity index (χ0) is 19.5. The largest absolute Gasteiger partial charge is 0.324 e. The minimum atomic E-state index is -0.566. The third-order valence-corrected chi connectivity index (χ3v) is 7.04. The number of rotatable bonds is 3. The van der Waals surface area contributed by atoms with Crippen LogP contribution in [0.2, 0.25) is 0 Å². The Kier molecular flexibility index (Phi) is 4.07. The third-order valence-electron chi connectivity index (χ3n) is 7.04. The number of carbonyl (C=O) groups excluding carboxylic acids is 3. The van der Waals surface area contributed by atoms with Gasteiger partial charge in [0.15, 0.2) is 0 Å². The number of nitrogens with one attached hydrogen (secondary N) is 1. The molecule has 28 heavy (non-hydrogen) atoms. The average Bonchev–Trinajstić information content (AvgIpc) is 3.25. The summed E-state index contributed by atoms with van der Waals surface area (Å²) in [7, 11) is 0. The lowest BCUT2D eigenvalue weighted by atomic mass is 9.92. The number of nitrogens with zero attached hydrogens (tertiary/aromatic N) is 2. The molecule has 7 nitrogen and oxygen atoms in total. The number of piperidine rings is 1. The lowest BCUT2D eigenvalue weighted by molar-refractivity contribution is -0.136. The maximum absolute atomic E-state index is 13.2. The molecule has 2 saturated heterocycles. The molecule has 0 spiro atoms. The molecule has 3 unspecified atom stereocenters. The second-order valence-electron chi connectivity index (χ2n) is 8.84. The van der Waals surface area contributed by atoms with E-state index >= 15 is 0 Å². The predicted octanol–water partition coefficient (Wildman–Crippen LogP) is 0.761. The van der Waals surface area contributed by atoms with Crippen molar-refractivity contribution in [3.63, 3.8) is 0 Å². The number of hydrogen-bond acceptors (Lipinski definition) is 5. The van der Waals surface area contributed by atoms with Crippen molar-refractivity contribution in [2.75, 3.05) is 13.1 Å². The van der Waals surface area contributed by atoms with E-state index in [2.05, 4.69) is 10.2 Å². The summed E-state index contributed by atoms with van der Waals surface area (Å²) in [5.41, 5.74) is 9.25. The van der Waals surface area contributed by atoms with Crippen molar-refractivity contribution in [3.05, 3.63) is 34.9 Å². The summed E-state index contributed by atoms with van der Waals surface area (Å²) >= 11 is 0. The number of likely N-dealkylation sites (tertiary alicyclic amines) is 1. The van der Waals surface area contributed by atoms with Crippen LogP contribution in [0.3, 0.4) is 0 Å². The molecule has 1 aromatic rings. The van der Waals surface area contributed by atoms with Crippen LogP contribution in [-0.4, -0.2) is 52.2 Å². The smallest absolute Gasteiger partial charge is 0.255 e. The van der Waals surface area contributed by atoms with E-state index < -0.39 is 6.04 Å². The summed E-state index contributed by atoms with van der Waals surface area (Å²) in [6.45, 7) is 3.02. The molecule has 1 aromatic carbocycles. The fourth-order valence-corrected chi connectivity index (χ4v) is 5.63. The van der Waals surface area contributed by atoms with E-state index in [1.54, 1.807) is 4.90 Å². The molecule has 1 aliphatic carbocycles. The molecule has 5 rings (SSSR count). The molecule has 148 valence electrons. The summed E-state index contributed by atoms with van der Waals surface area (Å²) in [5.74, 6) is -0.167. The SMILES string of the molecule is NC12CCCC1CN(Cc1cccc3c1C(=O)N(C1CCC(=O)NC1=O)C3)C2. The van der Waals surface area contributed by atoms with Gasteiger partial charge in [-0.3, -0.25) is 24.6 Å². The molecule has 3 amide bonds. The predicted molar refractivity (Wildman–Crippen MR) is 102 cm³/mol. The number of hydrogen-bond donors (Lipinski definition) is 2. The van der Waals surface area contributed by atoms with E-state index in [1.807, 2.05) is 18.2 Å². The molecule has 3 fully saturated rings. The molecule has 3 heterocycles. The van der Waals surface area contributed by atoms with E-state index in [0.29, 0.717) is 25.4 Å². The topological polar surface area (TPSA) is 95.7 Å². The number of carbonyl (C=O) groups is 3. The summed E-state index contributed by atoms with van der Waals surface area (Å²) in [4.78, 5) is 40.9. The van der Waals surface area contributed by atoms with Crippen LogP contribution in [0.15, 0.2) is 18.2 Å². The first kappa shape index (κ1) is 17.8. The van der Waals surface area contributed by atoms with Gasteiger partial charge in [0.25, 0.3) is 5.91 Å². The number of fused-ring (bicyclic) bond motifs is 2. The van der Waals surface area contributed by atoms with E-state index in [9.17, 15) is 14.4 Å². The van der Waals surface area contributed by atoms with Gasteiger partial charge in [-0.1, -0.05) is 24.6 Å². The van der Waals surface area contributed by atoms with Gasteiger partial charge in [0, 0.05) is 43.7 Å². The second kappa shape index (κ2) is 6.39. The first-order valence-electron chi connectivity index (χ1n) is 10.2. The molecule has 0 radical (unpaired) electrons. The maximum Gasteiger partial charge on any atom is 0.255 e. The number of nitrogens with two attached hydrogens (primary N) is 1. The number of amides is 3. The fraction of sp³-hybridized carbons (Fsp3) is 0.571. The van der Waals surface area contributed by atoms with Gasteiger partial charge in [-0.15, -0.1) is 0 Å². The summed E-state index contributed by atoms with van der Waals surface area (Å²) in [6.07, 6.45) is 4.17. The highest BCUT2D eigenvalue weighted by molar-refractivity contribution is 6.05. The summed E-state index contributed by atoms with van der Waals surface area (Å²) in [6, 6.07) is 5.40. The van der Waals surface area contributed by atoms with E-state index in [0.717, 1.165) is 36.2 Å². The highest BCUT2D eigenvalue weighted by Crippen LogP contribution is 2.40. The van der Waals surface area contributed by atoms with E-state index in [4.69, 9.17) is 5.73 Å². The molecule has 1 saturated carbocycles. The second-order valence-corrected chi connectivity index (χ2v) is 8.84. The van der Waals surface area contributed by atoms with Gasteiger partial charge >= 0.3 is 0 Å². The Morgan fingerprint density at radius 2 is 2.07 bits per heavy atom. The molecular formula is C21H26N4O3. The molecule has 0 aromatic heterocycles. The van der Waals surface area contributed by atoms with Gasteiger partial charge in [-0.05, 0) is 36.3 Å². The Morgan fingerprint density at radius 3 is 2.86 bits per heavy atom. The minimum Gasteiger partial charge on any atom is -0.324 e. The molecule has 3 atom stereocenters. The highest BCUT2D eigenvalue weighted by atomic mass is 16.2. The molecular weight excluding hydrogens is 356 g/mol. The van der Waals surface area contributed by atoms with Crippen LogP contribution in [0, 0.1) is 5.92 Å². The van der Waals surface area contributed by atoms with Crippen molar-refractivity contribution >= 4 is 17.7 Å². The van der Waals surface area contributed by atoms with Crippen molar-refractivity contribution < 1.29 is 14.4 Å². The number of benzene rings is 1. The first-order valence-corrected chi connectivity index (χ1v) is 10.2. The van der Waals surface area contributed by atoms with Crippen molar-refractivity contribution in [1.82, 2.24) is 15.1 Å². The zero-order valence-electron chi connectivity index (χ0n) is 15.9. The average molecular weight is 382 g/mol. The molecule has 7 heteroatoms. The molecule has 3 aliphatic heterocycles. The molecule has 3 N–H and O–H groups in total. The molecule has 4 aliphatic rings. The lowest BCUT2D eigenvalue weighted by Gasteiger charge is -2.29. The Hall–Kier alpha value is -2.25. The normalized spacial score (nSPS) is 32.6.